The van der Waals surface area contributed by atoms with Gasteiger partial charge in [0.1, 0.15) is 0 Å². The van der Waals surface area contributed by atoms with Crippen molar-refractivity contribution in [2.45, 2.75) is 78.4 Å². The van der Waals surface area contributed by atoms with Gasteiger partial charge >= 0.3 is 0 Å². The first-order valence-corrected chi connectivity index (χ1v) is 14.0. The van der Waals surface area contributed by atoms with Gasteiger partial charge in [0, 0.05) is 63.0 Å². The number of nitrogens with two attached hydrogens (primary N) is 1. The van der Waals surface area contributed by atoms with Crippen molar-refractivity contribution in [3.63, 3.8) is 0 Å². The van der Waals surface area contributed by atoms with E-state index in [0.717, 1.165) is 37.8 Å². The minimum atomic E-state index is -0.724. The second kappa shape index (κ2) is 16.1. The molecule has 0 aliphatic rings. The molecule has 5 N–H and O–H groups in total. The summed E-state index contributed by atoms with van der Waals surface area (Å²) in [5.74, 6) is 0.591. The van der Waals surface area contributed by atoms with Crippen molar-refractivity contribution in [2.24, 2.45) is 29.4 Å². The molecule has 1 heterocycles. The Labute approximate surface area is 223 Å². The highest BCUT2D eigenvalue weighted by Gasteiger charge is 2.29. The Balaban J connectivity index is 2.02. The lowest BCUT2D eigenvalue weighted by molar-refractivity contribution is -0.127. The summed E-state index contributed by atoms with van der Waals surface area (Å²) in [5, 5.41) is 15.3. The van der Waals surface area contributed by atoms with Crippen molar-refractivity contribution in [1.82, 2.24) is 10.3 Å². The normalized spacial score (nSPS) is 15.3. The number of hydrogen-bond donors (Lipinski definition) is 4. The third-order valence-electron chi connectivity index (χ3n) is 7.60. The molecule has 0 aliphatic carbocycles. The number of aromatic amines is 1. The van der Waals surface area contributed by atoms with Crippen molar-refractivity contribution < 1.29 is 19.4 Å². The van der Waals surface area contributed by atoms with Gasteiger partial charge in [-0.2, -0.15) is 0 Å². The molecule has 0 radical (unpaired) electrons. The summed E-state index contributed by atoms with van der Waals surface area (Å²) in [4.78, 5) is 16.1. The highest BCUT2D eigenvalue weighted by atomic mass is 16.5. The Morgan fingerprint density at radius 2 is 1.76 bits per heavy atom. The number of H-pyrrole nitrogens is 1. The van der Waals surface area contributed by atoms with E-state index in [1.165, 1.54) is 16.5 Å². The molecule has 7 heteroatoms. The van der Waals surface area contributed by atoms with Crippen LogP contribution in [0.2, 0.25) is 0 Å². The Bertz CT molecular complexity index is 927. The molecular weight excluding hydrogens is 466 g/mol. The number of aromatic nitrogens is 1. The number of amides is 1. The van der Waals surface area contributed by atoms with E-state index >= 15 is 0 Å². The van der Waals surface area contributed by atoms with Gasteiger partial charge in [0.15, 0.2) is 0 Å². The Hall–Kier alpha value is -1.93. The number of nitrogens with one attached hydrogen (secondary N) is 2. The summed E-state index contributed by atoms with van der Waals surface area (Å²) in [7, 11) is 3.39. The monoisotopic (exact) mass is 517 g/mol. The predicted octanol–water partition coefficient (Wildman–Crippen LogP) is 4.45. The number of fused-ring (bicyclic) bond motifs is 1. The van der Waals surface area contributed by atoms with Crippen LogP contribution in [0, 0.1) is 23.7 Å². The van der Waals surface area contributed by atoms with Gasteiger partial charge in [-0.1, -0.05) is 33.8 Å². The number of carbonyl (C=O) groups excluding carboxylic acids is 1. The maximum Gasteiger partial charge on any atom is 0.223 e. The zero-order valence-corrected chi connectivity index (χ0v) is 23.9. The van der Waals surface area contributed by atoms with E-state index in [2.05, 4.69) is 48.5 Å². The fraction of sp³-hybridized carbons (Fsp3) is 0.700. The number of aryl methyl sites for hydroxylation is 1. The highest BCUT2D eigenvalue weighted by molar-refractivity contribution is 5.84. The van der Waals surface area contributed by atoms with Crippen LogP contribution < -0.4 is 11.1 Å². The van der Waals surface area contributed by atoms with Crippen LogP contribution in [0.5, 0.6) is 0 Å². The molecule has 0 saturated carbocycles. The molecule has 2 rings (SSSR count). The maximum atomic E-state index is 12.8. The molecule has 1 amide bonds. The molecular formula is C30H51N3O4. The zero-order valence-electron chi connectivity index (χ0n) is 23.9. The molecule has 7 nitrogen and oxygen atoms in total. The first kappa shape index (κ1) is 31.3. The number of hydrogen-bond acceptors (Lipinski definition) is 5. The van der Waals surface area contributed by atoms with Crippen LogP contribution >= 0.6 is 0 Å². The van der Waals surface area contributed by atoms with E-state index in [0.29, 0.717) is 37.8 Å². The summed E-state index contributed by atoms with van der Waals surface area (Å²) >= 11 is 0. The summed E-state index contributed by atoms with van der Waals surface area (Å²) < 4.78 is 10.3. The fourth-order valence-electron chi connectivity index (χ4n) is 5.04. The number of aliphatic hydroxyl groups excluding tert-OH is 1. The summed E-state index contributed by atoms with van der Waals surface area (Å²) in [6, 6.07) is 6.27. The molecule has 1 aromatic carbocycles. The van der Waals surface area contributed by atoms with Crippen LogP contribution in [0.1, 0.15) is 64.5 Å². The molecule has 1 aromatic heterocycles. The Kier molecular flexibility index (Phi) is 13.6. The van der Waals surface area contributed by atoms with Crippen molar-refractivity contribution in [2.75, 3.05) is 34.0 Å². The van der Waals surface area contributed by atoms with E-state index in [1.807, 2.05) is 13.8 Å². The average Bonchev–Trinajstić information content (AvgIpc) is 3.26. The molecule has 2 aromatic rings. The van der Waals surface area contributed by atoms with Crippen LogP contribution in [-0.4, -0.2) is 62.1 Å². The van der Waals surface area contributed by atoms with E-state index in [1.54, 1.807) is 14.2 Å². The Morgan fingerprint density at radius 1 is 1.05 bits per heavy atom. The summed E-state index contributed by atoms with van der Waals surface area (Å²) in [6.07, 6.45) is 6.13. The zero-order chi connectivity index (χ0) is 27.4. The van der Waals surface area contributed by atoms with Crippen LogP contribution in [-0.2, 0) is 27.1 Å². The summed E-state index contributed by atoms with van der Waals surface area (Å²) in [6.45, 7) is 10.4. The van der Waals surface area contributed by atoms with Gasteiger partial charge in [-0.15, -0.1) is 0 Å². The molecule has 210 valence electrons. The molecule has 37 heavy (non-hydrogen) atoms. The van der Waals surface area contributed by atoms with Crippen LogP contribution in [0.3, 0.4) is 0 Å². The third-order valence-corrected chi connectivity index (χ3v) is 7.60. The van der Waals surface area contributed by atoms with Crippen molar-refractivity contribution in [1.29, 1.82) is 0 Å². The molecule has 4 atom stereocenters. The lowest BCUT2D eigenvalue weighted by Crippen LogP contribution is -2.43. The molecule has 0 bridgehead atoms. The van der Waals surface area contributed by atoms with Gasteiger partial charge in [0.05, 0.1) is 6.10 Å². The molecule has 0 spiro atoms. The van der Waals surface area contributed by atoms with Crippen LogP contribution in [0.4, 0.5) is 0 Å². The lowest BCUT2D eigenvalue weighted by atomic mass is 9.80. The molecule has 0 fully saturated rings. The Morgan fingerprint density at radius 3 is 2.41 bits per heavy atom. The van der Waals surface area contributed by atoms with Gasteiger partial charge in [-0.25, -0.2) is 0 Å². The topological polar surface area (TPSA) is 110 Å². The van der Waals surface area contributed by atoms with Crippen molar-refractivity contribution in [3.05, 3.63) is 35.5 Å². The summed E-state index contributed by atoms with van der Waals surface area (Å²) in [5.41, 5.74) is 10.3. The number of carbonyl (C=O) groups is 1. The molecule has 0 unspecified atom stereocenters. The minimum Gasteiger partial charge on any atom is -0.391 e. The smallest absolute Gasteiger partial charge is 0.223 e. The third kappa shape index (κ3) is 10.0. The molecule has 0 aliphatic heterocycles. The number of rotatable bonds is 18. The number of ether oxygens (including phenoxy) is 2. The van der Waals surface area contributed by atoms with Crippen LogP contribution in [0.15, 0.2) is 24.4 Å². The first-order chi connectivity index (χ1) is 17.7. The van der Waals surface area contributed by atoms with Crippen molar-refractivity contribution in [3.8, 4) is 0 Å². The lowest BCUT2D eigenvalue weighted by Gasteiger charge is -2.30. The molecule has 0 saturated heterocycles. The van der Waals surface area contributed by atoms with Gasteiger partial charge in [-0.3, -0.25) is 4.79 Å². The van der Waals surface area contributed by atoms with E-state index in [4.69, 9.17) is 15.2 Å². The van der Waals surface area contributed by atoms with Gasteiger partial charge in [0.2, 0.25) is 5.91 Å². The van der Waals surface area contributed by atoms with Gasteiger partial charge < -0.3 is 30.6 Å². The van der Waals surface area contributed by atoms with Gasteiger partial charge in [-0.05, 0) is 79.5 Å². The fourth-order valence-corrected chi connectivity index (χ4v) is 5.04. The second-order valence-corrected chi connectivity index (χ2v) is 11.2. The number of benzene rings is 1. The standard InChI is InChI=1S/C30H51N3O4/c1-20(2)24(15-22-10-11-28-26(16-22)23(19-33-28)9-7-13-36-5)17-27(31)29(34)18-25(21(3)4)30(35)32-12-8-14-37-6/h10-11,16,19-21,24-25,27,29,33-34H,7-9,12-15,17-18,31H2,1-6H3,(H,32,35)/t24-,25-,27-,29-/m0/s1. The predicted molar refractivity (Wildman–Crippen MR) is 152 cm³/mol. The minimum absolute atomic E-state index is 0.0149. The van der Waals surface area contributed by atoms with Gasteiger partial charge in [0.25, 0.3) is 0 Å². The maximum absolute atomic E-state index is 12.8. The van der Waals surface area contributed by atoms with Crippen LogP contribution in [0.25, 0.3) is 10.9 Å². The van der Waals surface area contributed by atoms with Crippen molar-refractivity contribution >= 4 is 16.8 Å². The quantitative estimate of drug-likeness (QED) is 0.218. The van der Waals surface area contributed by atoms with E-state index < -0.39 is 6.10 Å². The first-order valence-electron chi connectivity index (χ1n) is 14.0. The average molecular weight is 518 g/mol. The van der Waals surface area contributed by atoms with E-state index in [-0.39, 0.29) is 23.8 Å². The van der Waals surface area contributed by atoms with E-state index in [9.17, 15) is 9.90 Å². The number of methoxy groups -OCH3 is 2. The largest absolute Gasteiger partial charge is 0.391 e. The number of aliphatic hydroxyl groups is 1. The SMILES string of the molecule is COCCCNC(=O)[C@@H](C[C@H](O)[C@@H](N)C[C@H](Cc1ccc2[nH]cc(CCCOC)c2c1)C(C)C)C(C)C. The second-order valence-electron chi connectivity index (χ2n) is 11.2. The highest BCUT2D eigenvalue weighted by Crippen LogP contribution is 2.28.